The van der Waals surface area contributed by atoms with Gasteiger partial charge in [0, 0.05) is 11.1 Å². The number of carbonyl (C=O) groups excluding carboxylic acids is 1. The summed E-state index contributed by atoms with van der Waals surface area (Å²) < 4.78 is 0. The molecule has 0 atom stereocenters. The van der Waals surface area contributed by atoms with E-state index < -0.39 is 11.5 Å². The molecule has 0 spiro atoms. The lowest BCUT2D eigenvalue weighted by molar-refractivity contribution is 0.0687. The molecule has 1 aliphatic carbocycles. The Hall–Kier alpha value is -2.35. The molecule has 2 aromatic rings. The molecular formula is C14H14N4O3S. The van der Waals surface area contributed by atoms with Gasteiger partial charge in [0.1, 0.15) is 10.7 Å². The first-order chi connectivity index (χ1) is 10.5. The Morgan fingerprint density at radius 1 is 1.27 bits per heavy atom. The van der Waals surface area contributed by atoms with Gasteiger partial charge < -0.3 is 10.4 Å². The molecule has 8 heteroatoms. The molecule has 1 aliphatic rings. The molecule has 114 valence electrons. The number of rotatable bonds is 4. The van der Waals surface area contributed by atoms with Gasteiger partial charge in [0.2, 0.25) is 0 Å². The molecule has 3 rings (SSSR count). The van der Waals surface area contributed by atoms with Crippen molar-refractivity contribution in [2.24, 2.45) is 0 Å². The van der Waals surface area contributed by atoms with Crippen molar-refractivity contribution in [2.45, 2.75) is 31.7 Å². The predicted molar refractivity (Wildman–Crippen MR) is 78.8 cm³/mol. The Kier molecular flexibility index (Phi) is 3.61. The normalized spacial score (nSPS) is 15.9. The molecule has 2 aromatic heterocycles. The summed E-state index contributed by atoms with van der Waals surface area (Å²) in [6, 6.07) is 0. The van der Waals surface area contributed by atoms with Gasteiger partial charge in [0.25, 0.3) is 5.91 Å². The number of aromatic nitrogens is 3. The van der Waals surface area contributed by atoms with E-state index in [9.17, 15) is 9.59 Å². The number of amides is 1. The van der Waals surface area contributed by atoms with Crippen LogP contribution < -0.4 is 5.32 Å². The third-order valence-corrected chi connectivity index (χ3v) is 4.86. The Bertz CT molecular complexity index is 722. The maximum Gasteiger partial charge on any atom is 0.356 e. The Balaban J connectivity index is 1.79. The zero-order valence-corrected chi connectivity index (χ0v) is 12.7. The van der Waals surface area contributed by atoms with Crippen molar-refractivity contribution in [1.29, 1.82) is 0 Å². The zero-order chi connectivity index (χ0) is 15.7. The molecule has 0 saturated heterocycles. The van der Waals surface area contributed by atoms with E-state index >= 15 is 0 Å². The first kappa shape index (κ1) is 14.6. The predicted octanol–water partition coefficient (Wildman–Crippen LogP) is 1.75. The lowest BCUT2D eigenvalue weighted by atomic mass is 9.77. The van der Waals surface area contributed by atoms with E-state index in [-0.39, 0.29) is 17.3 Å². The third-order valence-electron chi connectivity index (χ3n) is 3.69. The lowest BCUT2D eigenvalue weighted by Gasteiger charge is -2.40. The maximum absolute atomic E-state index is 12.3. The third kappa shape index (κ3) is 2.57. The number of carboxylic acid groups (broad SMARTS) is 1. The van der Waals surface area contributed by atoms with Crippen LogP contribution in [0.2, 0.25) is 0 Å². The van der Waals surface area contributed by atoms with Gasteiger partial charge in [-0.1, -0.05) is 0 Å². The van der Waals surface area contributed by atoms with Crippen LogP contribution in [0.3, 0.4) is 0 Å². The highest BCUT2D eigenvalue weighted by Crippen LogP contribution is 2.42. The maximum atomic E-state index is 12.3. The molecule has 1 amide bonds. The van der Waals surface area contributed by atoms with E-state index in [4.69, 9.17) is 5.11 Å². The fourth-order valence-corrected chi connectivity index (χ4v) is 3.35. The van der Waals surface area contributed by atoms with Gasteiger partial charge >= 0.3 is 5.97 Å². The number of aromatic carboxylic acids is 1. The van der Waals surface area contributed by atoms with Gasteiger partial charge in [0.15, 0.2) is 5.69 Å². The van der Waals surface area contributed by atoms with E-state index in [1.807, 2.05) is 12.3 Å². The van der Waals surface area contributed by atoms with E-state index in [1.165, 1.54) is 17.5 Å². The van der Waals surface area contributed by atoms with Crippen molar-refractivity contribution in [3.63, 3.8) is 0 Å². The molecule has 1 saturated carbocycles. The van der Waals surface area contributed by atoms with Crippen LogP contribution in [-0.4, -0.2) is 31.9 Å². The number of carboxylic acids is 1. The molecule has 0 unspecified atom stereocenters. The number of nitrogens with zero attached hydrogens (tertiary/aromatic N) is 3. The molecule has 2 N–H and O–H groups in total. The highest BCUT2D eigenvalue weighted by atomic mass is 32.1. The molecule has 22 heavy (non-hydrogen) atoms. The van der Waals surface area contributed by atoms with Crippen molar-refractivity contribution in [2.75, 3.05) is 0 Å². The summed E-state index contributed by atoms with van der Waals surface area (Å²) in [7, 11) is 0. The molecule has 0 bridgehead atoms. The molecular weight excluding hydrogens is 304 g/mol. The number of thiazole rings is 1. The van der Waals surface area contributed by atoms with Crippen LogP contribution in [0.5, 0.6) is 0 Å². The van der Waals surface area contributed by atoms with Crippen molar-refractivity contribution < 1.29 is 14.7 Å². The van der Waals surface area contributed by atoms with Crippen LogP contribution >= 0.6 is 11.3 Å². The molecule has 0 aliphatic heterocycles. The Labute approximate surface area is 130 Å². The summed E-state index contributed by atoms with van der Waals surface area (Å²) in [6.07, 6.45) is 4.97. The quantitative estimate of drug-likeness (QED) is 0.889. The number of carbonyl (C=O) groups is 2. The van der Waals surface area contributed by atoms with Gasteiger partial charge in [-0.25, -0.2) is 19.7 Å². The number of nitrogens with one attached hydrogen (secondary N) is 1. The summed E-state index contributed by atoms with van der Waals surface area (Å²) in [4.78, 5) is 35.1. The lowest BCUT2D eigenvalue weighted by Crippen LogP contribution is -2.51. The summed E-state index contributed by atoms with van der Waals surface area (Å²) in [6.45, 7) is 1.92. The number of aryl methyl sites for hydroxylation is 1. The fraction of sp³-hybridized carbons (Fsp3) is 0.357. The first-order valence-electron chi connectivity index (χ1n) is 6.81. The minimum Gasteiger partial charge on any atom is -0.476 e. The average Bonchev–Trinajstić information content (AvgIpc) is 2.89. The number of hydrogen-bond donors (Lipinski definition) is 2. The van der Waals surface area contributed by atoms with Gasteiger partial charge in [-0.3, -0.25) is 4.79 Å². The molecule has 2 heterocycles. The average molecular weight is 318 g/mol. The second-order valence-electron chi connectivity index (χ2n) is 5.28. The summed E-state index contributed by atoms with van der Waals surface area (Å²) in [5, 5.41) is 14.6. The van der Waals surface area contributed by atoms with Gasteiger partial charge in [-0.05, 0) is 26.2 Å². The van der Waals surface area contributed by atoms with Gasteiger partial charge in [-0.2, -0.15) is 0 Å². The van der Waals surface area contributed by atoms with Crippen LogP contribution in [0, 0.1) is 6.92 Å². The van der Waals surface area contributed by atoms with Crippen LogP contribution in [0.15, 0.2) is 17.8 Å². The van der Waals surface area contributed by atoms with Crippen LogP contribution in [0.25, 0.3) is 0 Å². The molecule has 0 radical (unpaired) electrons. The fourth-order valence-electron chi connectivity index (χ4n) is 2.33. The smallest absolute Gasteiger partial charge is 0.356 e. The Morgan fingerprint density at radius 3 is 2.41 bits per heavy atom. The van der Waals surface area contributed by atoms with Crippen LogP contribution in [0.4, 0.5) is 0 Å². The van der Waals surface area contributed by atoms with Gasteiger partial charge in [0.05, 0.1) is 17.9 Å². The van der Waals surface area contributed by atoms with E-state index in [0.29, 0.717) is 0 Å². The summed E-state index contributed by atoms with van der Waals surface area (Å²) in [5.41, 5.74) is 0.421. The van der Waals surface area contributed by atoms with E-state index in [0.717, 1.165) is 36.2 Å². The Morgan fingerprint density at radius 2 is 1.95 bits per heavy atom. The second-order valence-corrected chi connectivity index (χ2v) is 6.13. The summed E-state index contributed by atoms with van der Waals surface area (Å²) >= 11 is 1.54. The highest BCUT2D eigenvalue weighted by Gasteiger charge is 2.42. The molecule has 7 nitrogen and oxygen atoms in total. The summed E-state index contributed by atoms with van der Waals surface area (Å²) in [5.74, 6) is -1.54. The largest absolute Gasteiger partial charge is 0.476 e. The molecule has 1 fully saturated rings. The highest BCUT2D eigenvalue weighted by molar-refractivity contribution is 7.09. The van der Waals surface area contributed by atoms with Crippen molar-refractivity contribution in [3.05, 3.63) is 39.9 Å². The van der Waals surface area contributed by atoms with E-state index in [1.54, 1.807) is 0 Å². The topological polar surface area (TPSA) is 105 Å². The number of hydrogen-bond acceptors (Lipinski definition) is 6. The first-order valence-corrected chi connectivity index (χ1v) is 7.69. The van der Waals surface area contributed by atoms with Gasteiger partial charge in [-0.15, -0.1) is 11.3 Å². The monoisotopic (exact) mass is 318 g/mol. The molecule has 0 aromatic carbocycles. The second kappa shape index (κ2) is 5.45. The van der Waals surface area contributed by atoms with Crippen LogP contribution in [-0.2, 0) is 5.54 Å². The minimum absolute atomic E-state index is 0.101. The zero-order valence-electron chi connectivity index (χ0n) is 11.9. The SMILES string of the molecule is Cc1csc(C2(NC(=O)c3cnc(C(=O)O)cn3)CCC2)n1. The van der Waals surface area contributed by atoms with Crippen molar-refractivity contribution in [3.8, 4) is 0 Å². The van der Waals surface area contributed by atoms with Crippen molar-refractivity contribution >= 4 is 23.2 Å². The van der Waals surface area contributed by atoms with Crippen molar-refractivity contribution in [1.82, 2.24) is 20.3 Å². The standard InChI is InChI=1S/C14H14N4O3S/c1-8-7-22-13(17-8)14(3-2-4-14)18-11(19)9-5-16-10(6-15-9)12(20)21/h5-7H,2-4H2,1H3,(H,18,19)(H,20,21). The van der Waals surface area contributed by atoms with Crippen LogP contribution in [0.1, 0.15) is 50.9 Å². The van der Waals surface area contributed by atoms with E-state index in [2.05, 4.69) is 20.3 Å². The minimum atomic E-state index is -1.17.